The highest BCUT2D eigenvalue weighted by Crippen LogP contribution is 2.00. The maximum absolute atomic E-state index is 8.99. The maximum Gasteiger partial charge on any atom is 0.214 e. The van der Waals surface area contributed by atoms with E-state index >= 15 is 0 Å². The van der Waals surface area contributed by atoms with Gasteiger partial charge in [0.2, 0.25) is 5.88 Å². The molecule has 0 fully saturated rings. The third kappa shape index (κ3) is 2.46. The maximum atomic E-state index is 8.99. The Hall–Kier alpha value is -1.09. The molecule has 0 aliphatic carbocycles. The zero-order valence-electron chi connectivity index (χ0n) is 6.09. The second kappa shape index (κ2) is 4.76. The number of hydrogen-bond donors (Lipinski definition) is 2. The van der Waals surface area contributed by atoms with Crippen molar-refractivity contribution < 1.29 is 5.11 Å². The molecule has 0 aliphatic rings. The first kappa shape index (κ1) is 8.91. The molecule has 0 radical (unpaired) electrons. The van der Waals surface area contributed by atoms with E-state index in [-0.39, 0.29) is 5.88 Å². The molecule has 0 amide bonds. The molecule has 0 rings (SSSR count). The summed E-state index contributed by atoms with van der Waals surface area (Å²) in [5.41, 5.74) is 0.650. The summed E-state index contributed by atoms with van der Waals surface area (Å²) in [5.74, 6) is -0.0654. The van der Waals surface area contributed by atoms with E-state index in [9.17, 15) is 0 Å². The molecular weight excluding hydrogens is 128 g/mol. The SMILES string of the molecule is C=C/C(CNC)=C(/O)N=C. The van der Waals surface area contributed by atoms with Crippen molar-refractivity contribution >= 4 is 6.72 Å². The van der Waals surface area contributed by atoms with Crippen LogP contribution in [0.2, 0.25) is 0 Å². The van der Waals surface area contributed by atoms with Gasteiger partial charge >= 0.3 is 0 Å². The zero-order valence-corrected chi connectivity index (χ0v) is 6.09. The van der Waals surface area contributed by atoms with Gasteiger partial charge in [-0.1, -0.05) is 12.7 Å². The van der Waals surface area contributed by atoms with E-state index in [2.05, 4.69) is 23.6 Å². The Morgan fingerprint density at radius 3 is 2.70 bits per heavy atom. The molecule has 56 valence electrons. The first-order chi connectivity index (χ1) is 4.76. The highest BCUT2D eigenvalue weighted by atomic mass is 16.3. The number of aliphatic imine (C=N–C) groups is 1. The van der Waals surface area contributed by atoms with Gasteiger partial charge in [0.05, 0.1) is 0 Å². The van der Waals surface area contributed by atoms with Crippen molar-refractivity contribution in [1.82, 2.24) is 5.32 Å². The Bertz CT molecular complexity index is 161. The Balaban J connectivity index is 4.28. The van der Waals surface area contributed by atoms with Crippen LogP contribution in [0.5, 0.6) is 0 Å². The third-order valence-electron chi connectivity index (χ3n) is 1.05. The van der Waals surface area contributed by atoms with Crippen LogP contribution in [0.25, 0.3) is 0 Å². The number of rotatable bonds is 4. The van der Waals surface area contributed by atoms with E-state index in [1.54, 1.807) is 13.1 Å². The summed E-state index contributed by atoms with van der Waals surface area (Å²) in [5, 5.41) is 11.8. The molecule has 0 saturated heterocycles. The molecule has 0 unspecified atom stereocenters. The summed E-state index contributed by atoms with van der Waals surface area (Å²) < 4.78 is 0. The van der Waals surface area contributed by atoms with Crippen molar-refractivity contribution in [3.8, 4) is 0 Å². The second-order valence-corrected chi connectivity index (χ2v) is 1.74. The van der Waals surface area contributed by atoms with Crippen molar-refractivity contribution in [3.05, 3.63) is 24.1 Å². The number of aliphatic hydroxyl groups excluding tert-OH is 1. The van der Waals surface area contributed by atoms with Crippen molar-refractivity contribution in [1.29, 1.82) is 0 Å². The summed E-state index contributed by atoms with van der Waals surface area (Å²) in [6.45, 7) is 7.23. The van der Waals surface area contributed by atoms with Crippen LogP contribution in [-0.2, 0) is 0 Å². The second-order valence-electron chi connectivity index (χ2n) is 1.74. The molecule has 3 nitrogen and oxygen atoms in total. The number of nitrogens with one attached hydrogen (secondary N) is 1. The molecule has 0 atom stereocenters. The lowest BCUT2D eigenvalue weighted by molar-refractivity contribution is 0.401. The smallest absolute Gasteiger partial charge is 0.214 e. The van der Waals surface area contributed by atoms with Crippen LogP contribution in [-0.4, -0.2) is 25.4 Å². The molecule has 3 heteroatoms. The highest BCUT2D eigenvalue weighted by molar-refractivity contribution is 5.31. The van der Waals surface area contributed by atoms with Gasteiger partial charge in [0, 0.05) is 12.1 Å². The monoisotopic (exact) mass is 140 g/mol. The van der Waals surface area contributed by atoms with Crippen LogP contribution in [0.15, 0.2) is 29.1 Å². The molecule has 0 aromatic heterocycles. The Labute approximate surface area is 60.8 Å². The first-order valence-corrected chi connectivity index (χ1v) is 2.92. The summed E-state index contributed by atoms with van der Waals surface area (Å²) in [4.78, 5) is 3.35. The van der Waals surface area contributed by atoms with Gasteiger partial charge in [-0.15, -0.1) is 0 Å². The summed E-state index contributed by atoms with van der Waals surface area (Å²) in [6.07, 6.45) is 1.54. The van der Waals surface area contributed by atoms with Crippen LogP contribution in [0, 0.1) is 0 Å². The molecule has 0 aliphatic heterocycles. The molecule has 0 aromatic rings. The number of aliphatic hydroxyl groups is 1. The van der Waals surface area contributed by atoms with Gasteiger partial charge in [-0.25, -0.2) is 4.99 Å². The lowest BCUT2D eigenvalue weighted by atomic mass is 10.3. The van der Waals surface area contributed by atoms with Crippen molar-refractivity contribution in [2.24, 2.45) is 4.99 Å². The van der Waals surface area contributed by atoms with Crippen molar-refractivity contribution in [2.45, 2.75) is 0 Å². The molecule has 0 saturated carbocycles. The predicted molar refractivity (Wildman–Crippen MR) is 43.3 cm³/mol. The fraction of sp³-hybridized carbons (Fsp3) is 0.286. The summed E-state index contributed by atoms with van der Waals surface area (Å²) in [6, 6.07) is 0. The Morgan fingerprint density at radius 1 is 1.80 bits per heavy atom. The zero-order chi connectivity index (χ0) is 7.98. The van der Waals surface area contributed by atoms with Crippen molar-refractivity contribution in [2.75, 3.05) is 13.6 Å². The van der Waals surface area contributed by atoms with Crippen LogP contribution >= 0.6 is 0 Å². The molecule has 2 N–H and O–H groups in total. The van der Waals surface area contributed by atoms with E-state index in [1.165, 1.54) is 0 Å². The first-order valence-electron chi connectivity index (χ1n) is 2.92. The largest absolute Gasteiger partial charge is 0.493 e. The fourth-order valence-corrected chi connectivity index (χ4v) is 0.535. The Kier molecular flexibility index (Phi) is 4.24. The highest BCUT2D eigenvalue weighted by Gasteiger charge is 1.95. The van der Waals surface area contributed by atoms with E-state index in [4.69, 9.17) is 5.11 Å². The number of nitrogens with zero attached hydrogens (tertiary/aromatic N) is 1. The van der Waals surface area contributed by atoms with Gasteiger partial charge in [-0.2, -0.15) is 0 Å². The van der Waals surface area contributed by atoms with Crippen LogP contribution in [0.3, 0.4) is 0 Å². The number of likely N-dealkylation sites (N-methyl/N-ethyl adjacent to an activating group) is 1. The minimum atomic E-state index is -0.0654. The lowest BCUT2D eigenvalue weighted by Gasteiger charge is -1.99. The average Bonchev–Trinajstić information content (AvgIpc) is 1.99. The minimum Gasteiger partial charge on any atom is -0.493 e. The number of hydrogen-bond acceptors (Lipinski definition) is 3. The van der Waals surface area contributed by atoms with E-state index in [0.29, 0.717) is 12.1 Å². The van der Waals surface area contributed by atoms with Gasteiger partial charge in [0.25, 0.3) is 0 Å². The van der Waals surface area contributed by atoms with Crippen LogP contribution in [0.1, 0.15) is 0 Å². The Morgan fingerprint density at radius 2 is 2.40 bits per heavy atom. The molecule has 0 spiro atoms. The van der Waals surface area contributed by atoms with Gasteiger partial charge in [0.1, 0.15) is 0 Å². The lowest BCUT2D eigenvalue weighted by Crippen LogP contribution is -2.10. The van der Waals surface area contributed by atoms with Crippen LogP contribution in [0.4, 0.5) is 0 Å². The molecule has 0 heterocycles. The fourth-order valence-electron chi connectivity index (χ4n) is 0.535. The normalized spacial score (nSPS) is 12.1. The van der Waals surface area contributed by atoms with Gasteiger partial charge in [-0.05, 0) is 13.8 Å². The van der Waals surface area contributed by atoms with E-state index in [0.717, 1.165) is 0 Å². The molecular formula is C7H12N2O. The van der Waals surface area contributed by atoms with Crippen LogP contribution < -0.4 is 5.32 Å². The standard InChI is InChI=1S/C7H12N2O/c1-4-6(5-8-2)7(10)9-3/h4,8,10H,1,3,5H2,2H3/b7-6-. The van der Waals surface area contributed by atoms with Crippen molar-refractivity contribution in [3.63, 3.8) is 0 Å². The minimum absolute atomic E-state index is 0.0654. The quantitative estimate of drug-likeness (QED) is 0.345. The van der Waals surface area contributed by atoms with Gasteiger partial charge < -0.3 is 10.4 Å². The van der Waals surface area contributed by atoms with Gasteiger partial charge in [-0.3, -0.25) is 0 Å². The topological polar surface area (TPSA) is 44.6 Å². The van der Waals surface area contributed by atoms with E-state index < -0.39 is 0 Å². The average molecular weight is 140 g/mol. The summed E-state index contributed by atoms with van der Waals surface area (Å²) >= 11 is 0. The third-order valence-corrected chi connectivity index (χ3v) is 1.05. The molecule has 10 heavy (non-hydrogen) atoms. The predicted octanol–water partition coefficient (Wildman–Crippen LogP) is 0.862. The summed E-state index contributed by atoms with van der Waals surface area (Å²) in [7, 11) is 1.78. The molecule has 0 aromatic carbocycles. The molecule has 0 bridgehead atoms. The van der Waals surface area contributed by atoms with Gasteiger partial charge in [0.15, 0.2) is 0 Å². The van der Waals surface area contributed by atoms with E-state index in [1.807, 2.05) is 0 Å².